The lowest BCUT2D eigenvalue weighted by molar-refractivity contribution is -0.136. The van der Waals surface area contributed by atoms with E-state index in [0.717, 1.165) is 12.0 Å². The molecule has 0 bridgehead atoms. The van der Waals surface area contributed by atoms with Crippen molar-refractivity contribution in [3.63, 3.8) is 0 Å². The number of carboxylic acid groups (broad SMARTS) is 1. The zero-order valence-corrected chi connectivity index (χ0v) is 17.0. The number of carbonyl (C=O) groups is 1. The van der Waals surface area contributed by atoms with Gasteiger partial charge in [-0.2, -0.15) is 0 Å². The van der Waals surface area contributed by atoms with E-state index in [4.69, 9.17) is 9.84 Å². The Kier molecular flexibility index (Phi) is 12.9. The summed E-state index contributed by atoms with van der Waals surface area (Å²) in [4.78, 5) is 10.6. The van der Waals surface area contributed by atoms with Crippen LogP contribution in [-0.4, -0.2) is 40.1 Å². The van der Waals surface area contributed by atoms with Gasteiger partial charge in [0.05, 0.1) is 18.8 Å². The van der Waals surface area contributed by atoms with Crippen molar-refractivity contribution >= 4 is 5.97 Å². The molecular formula is C24H32O5. The highest BCUT2D eigenvalue weighted by Gasteiger charge is 2.02. The molecule has 0 aliphatic heterocycles. The molecule has 0 radical (unpaired) electrons. The molecule has 0 aliphatic rings. The van der Waals surface area contributed by atoms with E-state index in [9.17, 15) is 15.0 Å². The summed E-state index contributed by atoms with van der Waals surface area (Å²) in [5, 5.41) is 28.3. The number of allylic oxidation sites excluding steroid dienone is 5. The first kappa shape index (κ1) is 24.4. The minimum atomic E-state index is -0.810. The molecule has 0 fully saturated rings. The maximum Gasteiger partial charge on any atom is 0.303 e. The molecule has 0 saturated carbocycles. The third-order valence-electron chi connectivity index (χ3n) is 4.01. The third kappa shape index (κ3) is 13.2. The Hall–Kier alpha value is -2.63. The number of aliphatic carboxylic acids is 1. The van der Waals surface area contributed by atoms with E-state index in [1.54, 1.807) is 48.6 Å². The van der Waals surface area contributed by atoms with Crippen molar-refractivity contribution in [2.75, 3.05) is 6.61 Å². The molecule has 0 amide bonds. The van der Waals surface area contributed by atoms with Crippen LogP contribution in [0.3, 0.4) is 0 Å². The molecule has 1 aromatic carbocycles. The number of aliphatic hydroxyl groups excluding tert-OH is 2. The SMILES string of the molecule is CC/C=C\C[C@H](O)/C=C/C=C\C=C\[C@@H](O)CCOc1ccc(CCC(=O)O)cc1. The van der Waals surface area contributed by atoms with Gasteiger partial charge >= 0.3 is 5.97 Å². The Morgan fingerprint density at radius 3 is 2.28 bits per heavy atom. The van der Waals surface area contributed by atoms with Crippen molar-refractivity contribution in [1.29, 1.82) is 0 Å². The highest BCUT2D eigenvalue weighted by atomic mass is 16.5. The molecule has 0 unspecified atom stereocenters. The quantitative estimate of drug-likeness (QED) is 0.321. The van der Waals surface area contributed by atoms with Gasteiger partial charge in [0.2, 0.25) is 0 Å². The molecule has 0 spiro atoms. The minimum Gasteiger partial charge on any atom is -0.493 e. The second kappa shape index (κ2) is 15.3. The molecule has 0 aliphatic carbocycles. The largest absolute Gasteiger partial charge is 0.493 e. The number of carboxylic acids is 1. The van der Waals surface area contributed by atoms with Crippen molar-refractivity contribution in [3.05, 3.63) is 78.4 Å². The van der Waals surface area contributed by atoms with Crippen molar-refractivity contribution < 1.29 is 24.9 Å². The van der Waals surface area contributed by atoms with Crippen molar-refractivity contribution in [3.8, 4) is 5.75 Å². The summed E-state index contributed by atoms with van der Waals surface area (Å²) in [5.74, 6) is -0.117. The summed E-state index contributed by atoms with van der Waals surface area (Å²) < 4.78 is 5.60. The van der Waals surface area contributed by atoms with Crippen LogP contribution in [0.15, 0.2) is 72.9 Å². The van der Waals surface area contributed by atoms with Gasteiger partial charge < -0.3 is 20.1 Å². The number of hydrogen-bond donors (Lipinski definition) is 3. The summed E-state index contributed by atoms with van der Waals surface area (Å²) >= 11 is 0. The molecule has 29 heavy (non-hydrogen) atoms. The fraction of sp³-hybridized carbons (Fsp3) is 0.375. The number of rotatable bonds is 14. The Bertz CT molecular complexity index is 686. The lowest BCUT2D eigenvalue weighted by atomic mass is 10.1. The number of benzene rings is 1. The monoisotopic (exact) mass is 400 g/mol. The molecule has 0 aromatic heterocycles. The maximum atomic E-state index is 10.6. The van der Waals surface area contributed by atoms with E-state index in [1.165, 1.54) is 0 Å². The van der Waals surface area contributed by atoms with Crippen LogP contribution in [-0.2, 0) is 11.2 Å². The molecule has 1 aromatic rings. The number of aliphatic hydroxyl groups is 2. The van der Waals surface area contributed by atoms with Crippen LogP contribution < -0.4 is 4.74 Å². The topological polar surface area (TPSA) is 87.0 Å². The van der Waals surface area contributed by atoms with Crippen LogP contribution in [0.25, 0.3) is 0 Å². The molecular weight excluding hydrogens is 368 g/mol. The Morgan fingerprint density at radius 1 is 1.00 bits per heavy atom. The number of ether oxygens (including phenoxy) is 1. The van der Waals surface area contributed by atoms with Gasteiger partial charge in [0.25, 0.3) is 0 Å². The van der Waals surface area contributed by atoms with E-state index in [2.05, 4.69) is 6.92 Å². The summed E-state index contributed by atoms with van der Waals surface area (Å²) in [7, 11) is 0. The maximum absolute atomic E-state index is 10.6. The molecule has 0 saturated heterocycles. The van der Waals surface area contributed by atoms with E-state index in [-0.39, 0.29) is 6.42 Å². The summed E-state index contributed by atoms with van der Waals surface area (Å²) in [6.07, 6.45) is 16.1. The standard InChI is InChI=1S/C24H32O5/c1-2-3-6-9-21(25)10-7-4-5-8-11-22(26)18-19-29-23-15-12-20(13-16-23)14-17-24(27)28/h3-8,10-13,15-16,21-22,25-26H,2,9,14,17-19H2,1H3,(H,27,28)/b5-4-,6-3-,10-7+,11-8+/t21-,22+/m0/s1. The first-order chi connectivity index (χ1) is 14.0. The second-order valence-corrected chi connectivity index (χ2v) is 6.58. The van der Waals surface area contributed by atoms with Crippen molar-refractivity contribution in [2.24, 2.45) is 0 Å². The van der Waals surface area contributed by atoms with Gasteiger partial charge in [-0.25, -0.2) is 0 Å². The van der Waals surface area contributed by atoms with Gasteiger partial charge in [0, 0.05) is 12.8 Å². The smallest absolute Gasteiger partial charge is 0.303 e. The van der Waals surface area contributed by atoms with E-state index >= 15 is 0 Å². The predicted octanol–water partition coefficient (Wildman–Crippen LogP) is 4.22. The summed E-state index contributed by atoms with van der Waals surface area (Å²) in [6, 6.07) is 7.32. The molecule has 5 heteroatoms. The Labute approximate surface area is 173 Å². The first-order valence-corrected chi connectivity index (χ1v) is 9.97. The van der Waals surface area contributed by atoms with Crippen molar-refractivity contribution in [1.82, 2.24) is 0 Å². The Balaban J connectivity index is 2.23. The molecule has 3 N–H and O–H groups in total. The van der Waals surface area contributed by atoms with Crippen LogP contribution in [0, 0.1) is 0 Å². The van der Waals surface area contributed by atoms with E-state index < -0.39 is 18.2 Å². The zero-order chi connectivity index (χ0) is 21.3. The molecule has 158 valence electrons. The van der Waals surface area contributed by atoms with Crippen LogP contribution in [0.5, 0.6) is 5.75 Å². The number of aryl methyl sites for hydroxylation is 1. The normalized spacial score (nSPS) is 14.3. The van der Waals surface area contributed by atoms with E-state index in [0.29, 0.717) is 31.6 Å². The summed E-state index contributed by atoms with van der Waals surface area (Å²) in [5.41, 5.74) is 0.952. The fourth-order valence-electron chi connectivity index (χ4n) is 2.39. The fourth-order valence-corrected chi connectivity index (χ4v) is 2.39. The second-order valence-electron chi connectivity index (χ2n) is 6.58. The Morgan fingerprint density at radius 2 is 1.66 bits per heavy atom. The third-order valence-corrected chi connectivity index (χ3v) is 4.01. The highest BCUT2D eigenvalue weighted by Crippen LogP contribution is 2.14. The average Bonchev–Trinajstić information content (AvgIpc) is 2.70. The summed E-state index contributed by atoms with van der Waals surface area (Å²) in [6.45, 7) is 2.43. The van der Waals surface area contributed by atoms with Crippen LogP contribution >= 0.6 is 0 Å². The molecule has 2 atom stereocenters. The van der Waals surface area contributed by atoms with E-state index in [1.807, 2.05) is 24.3 Å². The van der Waals surface area contributed by atoms with Crippen LogP contribution in [0.4, 0.5) is 0 Å². The van der Waals surface area contributed by atoms with Gasteiger partial charge in [-0.05, 0) is 37.0 Å². The van der Waals surface area contributed by atoms with Gasteiger partial charge in [-0.15, -0.1) is 0 Å². The molecule has 5 nitrogen and oxygen atoms in total. The lowest BCUT2D eigenvalue weighted by Gasteiger charge is -2.09. The van der Waals surface area contributed by atoms with Crippen LogP contribution in [0.2, 0.25) is 0 Å². The predicted molar refractivity (Wildman–Crippen MR) is 116 cm³/mol. The molecule has 0 heterocycles. The van der Waals surface area contributed by atoms with Crippen molar-refractivity contribution in [2.45, 2.75) is 51.2 Å². The molecule has 1 rings (SSSR count). The lowest BCUT2D eigenvalue weighted by Crippen LogP contribution is -2.09. The number of hydrogen-bond acceptors (Lipinski definition) is 4. The first-order valence-electron chi connectivity index (χ1n) is 9.97. The highest BCUT2D eigenvalue weighted by molar-refractivity contribution is 5.67. The van der Waals surface area contributed by atoms with Gasteiger partial charge in [0.1, 0.15) is 5.75 Å². The van der Waals surface area contributed by atoms with Gasteiger partial charge in [0.15, 0.2) is 0 Å². The zero-order valence-electron chi connectivity index (χ0n) is 17.0. The minimum absolute atomic E-state index is 0.111. The average molecular weight is 401 g/mol. The van der Waals surface area contributed by atoms with Crippen LogP contribution in [0.1, 0.15) is 38.2 Å². The van der Waals surface area contributed by atoms with Gasteiger partial charge in [-0.3, -0.25) is 4.79 Å². The van der Waals surface area contributed by atoms with Gasteiger partial charge in [-0.1, -0.05) is 67.7 Å².